The van der Waals surface area contributed by atoms with Gasteiger partial charge in [0.25, 0.3) is 5.91 Å². The summed E-state index contributed by atoms with van der Waals surface area (Å²) in [5.74, 6) is -0.160. The number of halogens is 3. The maximum atomic E-state index is 13.3. The highest BCUT2D eigenvalue weighted by molar-refractivity contribution is 8.13. The maximum absolute atomic E-state index is 13.3. The van der Waals surface area contributed by atoms with Crippen LogP contribution in [0.25, 0.3) is 5.69 Å². The first-order chi connectivity index (χ1) is 15.9. The number of methoxy groups -OCH3 is 1. The van der Waals surface area contributed by atoms with Gasteiger partial charge >= 0.3 is 0 Å². The second-order valence-corrected chi connectivity index (χ2v) is 8.57. The maximum Gasteiger partial charge on any atom is 0.255 e. The molecule has 2 aromatic carbocycles. The molecule has 0 saturated heterocycles. The molecule has 0 bridgehead atoms. The third-order valence-corrected chi connectivity index (χ3v) is 5.90. The van der Waals surface area contributed by atoms with Gasteiger partial charge in [0.1, 0.15) is 23.0 Å². The number of carbonyl (C=O) groups is 1. The lowest BCUT2D eigenvalue weighted by Crippen LogP contribution is -2.16. The Morgan fingerprint density at radius 3 is 2.67 bits per heavy atom. The summed E-state index contributed by atoms with van der Waals surface area (Å²) in [6.45, 7) is 0. The van der Waals surface area contributed by atoms with Crippen molar-refractivity contribution in [2.24, 2.45) is 4.99 Å². The van der Waals surface area contributed by atoms with Crippen LogP contribution in [0.1, 0.15) is 24.3 Å². The molecule has 0 spiro atoms. The molecule has 1 heterocycles. The van der Waals surface area contributed by atoms with E-state index in [1.807, 2.05) is 18.4 Å². The number of amides is 1. The van der Waals surface area contributed by atoms with Gasteiger partial charge < -0.3 is 14.6 Å². The van der Waals surface area contributed by atoms with E-state index >= 15 is 0 Å². The first-order valence-electron chi connectivity index (χ1n) is 10.1. The van der Waals surface area contributed by atoms with Gasteiger partial charge in [-0.1, -0.05) is 35.5 Å². The molecule has 6 nitrogen and oxygen atoms in total. The van der Waals surface area contributed by atoms with E-state index in [4.69, 9.17) is 27.9 Å². The average Bonchev–Trinajstić information content (AvgIpc) is 3.25. The monoisotopic (exact) mass is 508 g/mol. The Balaban J connectivity index is 1.82. The van der Waals surface area contributed by atoms with E-state index < -0.39 is 5.92 Å². The summed E-state index contributed by atoms with van der Waals surface area (Å²) in [5, 5.41) is 3.97. The molecule has 0 aliphatic carbocycles. The van der Waals surface area contributed by atoms with Crippen LogP contribution in [0.5, 0.6) is 5.75 Å². The van der Waals surface area contributed by atoms with Crippen molar-refractivity contribution in [2.45, 2.75) is 18.8 Å². The van der Waals surface area contributed by atoms with Crippen LogP contribution in [-0.4, -0.2) is 39.9 Å². The molecule has 0 fully saturated rings. The van der Waals surface area contributed by atoms with Crippen molar-refractivity contribution < 1.29 is 13.9 Å². The Morgan fingerprint density at radius 2 is 2.06 bits per heavy atom. The molecular weight excluding hydrogens is 486 g/mol. The summed E-state index contributed by atoms with van der Waals surface area (Å²) in [5.41, 5.74) is 2.17. The average molecular weight is 509 g/mol. The number of aliphatic imine (C=N–C) groups is 1. The number of carbonyl (C=O) groups excluding carboxylic acids is 1. The number of nitrogens with zero attached hydrogens (tertiary/aromatic N) is 3. The van der Waals surface area contributed by atoms with Crippen molar-refractivity contribution in [3.8, 4) is 11.4 Å². The van der Waals surface area contributed by atoms with Crippen LogP contribution >= 0.6 is 35.0 Å². The Bertz CT molecular complexity index is 1120. The highest BCUT2D eigenvalue weighted by Crippen LogP contribution is 2.28. The molecule has 1 N–H and O–H groups in total. The predicted molar refractivity (Wildman–Crippen MR) is 134 cm³/mol. The van der Waals surface area contributed by atoms with Crippen molar-refractivity contribution in [1.29, 1.82) is 0 Å². The number of hydrogen-bond acceptors (Lipinski definition) is 4. The third-order valence-electron chi connectivity index (χ3n) is 4.86. The van der Waals surface area contributed by atoms with Gasteiger partial charge in [0.15, 0.2) is 5.17 Å². The van der Waals surface area contributed by atoms with E-state index in [2.05, 4.69) is 15.3 Å². The molecule has 3 aromatic rings. The lowest BCUT2D eigenvalue weighted by atomic mass is 9.94. The molecule has 1 aromatic heterocycles. The lowest BCUT2D eigenvalue weighted by Gasteiger charge is -2.15. The topological polar surface area (TPSA) is 68.5 Å². The quantitative estimate of drug-likeness (QED) is 0.225. The number of benzene rings is 2. The highest BCUT2D eigenvalue weighted by atomic mass is 35.5. The smallest absolute Gasteiger partial charge is 0.255 e. The molecule has 0 saturated carbocycles. The summed E-state index contributed by atoms with van der Waals surface area (Å²) in [4.78, 5) is 21.4. The van der Waals surface area contributed by atoms with Crippen LogP contribution < -0.4 is 10.1 Å². The van der Waals surface area contributed by atoms with E-state index in [0.29, 0.717) is 46.0 Å². The van der Waals surface area contributed by atoms with Crippen molar-refractivity contribution in [1.82, 2.24) is 9.55 Å². The highest BCUT2D eigenvalue weighted by Gasteiger charge is 2.21. The van der Waals surface area contributed by atoms with Crippen molar-refractivity contribution in [3.05, 3.63) is 71.5 Å². The van der Waals surface area contributed by atoms with E-state index in [0.717, 1.165) is 5.69 Å². The zero-order chi connectivity index (χ0) is 23.8. The molecule has 174 valence electrons. The molecule has 33 heavy (non-hydrogen) atoms. The molecule has 1 amide bonds. The largest absolute Gasteiger partial charge is 0.494 e. The van der Waals surface area contributed by atoms with Crippen LogP contribution in [0.4, 0.5) is 10.1 Å². The number of rotatable bonds is 8. The molecule has 1 atom stereocenters. The molecule has 10 heteroatoms. The molecule has 3 rings (SSSR count). The first kappa shape index (κ1) is 25.1. The van der Waals surface area contributed by atoms with Crippen molar-refractivity contribution in [2.75, 3.05) is 24.6 Å². The fourth-order valence-electron chi connectivity index (χ4n) is 3.23. The molecule has 0 aliphatic rings. The number of thioether (sulfide) groups is 1. The van der Waals surface area contributed by atoms with Gasteiger partial charge in [0.05, 0.1) is 18.7 Å². The van der Waals surface area contributed by atoms with Crippen LogP contribution in [0, 0.1) is 5.82 Å². The number of hydrogen-bond donors (Lipinski definition) is 1. The minimum Gasteiger partial charge on any atom is -0.494 e. The van der Waals surface area contributed by atoms with Gasteiger partial charge in [0.2, 0.25) is 0 Å². The summed E-state index contributed by atoms with van der Waals surface area (Å²) in [6.07, 6.45) is 6.26. The fraction of sp³-hybridized carbons (Fsp3) is 0.261. The minimum absolute atomic E-state index is 0.319. The van der Waals surface area contributed by atoms with Crippen LogP contribution in [-0.2, 0) is 4.79 Å². The van der Waals surface area contributed by atoms with Crippen LogP contribution in [0.2, 0.25) is 5.15 Å². The van der Waals surface area contributed by atoms with Gasteiger partial charge in [-0.2, -0.15) is 4.99 Å². The van der Waals surface area contributed by atoms with Crippen molar-refractivity contribution >= 4 is 51.7 Å². The Hall–Kier alpha value is -2.55. The Morgan fingerprint density at radius 1 is 1.30 bits per heavy atom. The number of anilines is 1. The predicted octanol–water partition coefficient (Wildman–Crippen LogP) is 6.13. The van der Waals surface area contributed by atoms with Gasteiger partial charge in [-0.15, -0.1) is 11.6 Å². The number of aromatic nitrogens is 2. The van der Waals surface area contributed by atoms with E-state index in [-0.39, 0.29) is 11.7 Å². The fourth-order valence-corrected chi connectivity index (χ4v) is 3.94. The lowest BCUT2D eigenvalue weighted by molar-refractivity contribution is -0.119. The van der Waals surface area contributed by atoms with E-state index in [9.17, 15) is 9.18 Å². The molecule has 0 radical (unpaired) electrons. The molecular formula is C23H23Cl2FN4O2S. The van der Waals surface area contributed by atoms with E-state index in [1.54, 1.807) is 42.4 Å². The Kier molecular flexibility index (Phi) is 9.17. The summed E-state index contributed by atoms with van der Waals surface area (Å²) < 4.78 is 20.6. The van der Waals surface area contributed by atoms with Crippen molar-refractivity contribution in [3.63, 3.8) is 0 Å². The number of imidazole rings is 1. The van der Waals surface area contributed by atoms with Gasteiger partial charge in [-0.3, -0.25) is 4.79 Å². The summed E-state index contributed by atoms with van der Waals surface area (Å²) >= 11 is 13.1. The molecule has 0 aliphatic heterocycles. The number of amidine groups is 1. The number of ether oxygens (including phenoxy) is 1. The van der Waals surface area contributed by atoms with Gasteiger partial charge in [0, 0.05) is 23.8 Å². The SMILES string of the molecule is COc1cc(NC(=NC(=O)C(CCCCl)c2ccc(F)cc2)SC)ccc1-n1cnc(Cl)c1. The normalized spacial score (nSPS) is 12.5. The van der Waals surface area contributed by atoms with Crippen LogP contribution in [0.15, 0.2) is 60.0 Å². The third kappa shape index (κ3) is 6.72. The standard InChI is InChI=1S/C23H23Cl2FN4O2S/c1-32-20-12-17(9-10-19(20)30-13-21(25)27-14-30)28-23(33-2)29-22(31)18(4-3-11-24)15-5-7-16(26)8-6-15/h5-10,12-14,18H,3-4,11H2,1-2H3,(H,28,29,31). The second-order valence-electron chi connectivity index (χ2n) is 7.01. The number of alkyl halides is 1. The second kappa shape index (κ2) is 12.1. The first-order valence-corrected chi connectivity index (χ1v) is 12.2. The van der Waals surface area contributed by atoms with Crippen LogP contribution in [0.3, 0.4) is 0 Å². The van der Waals surface area contributed by atoms with Gasteiger partial charge in [-0.05, 0) is 48.9 Å². The molecule has 1 unspecified atom stereocenters. The zero-order valence-corrected chi connectivity index (χ0v) is 20.4. The Labute approximate surface area is 206 Å². The van der Waals surface area contributed by atoms with E-state index in [1.165, 1.54) is 23.9 Å². The summed E-state index contributed by atoms with van der Waals surface area (Å²) in [7, 11) is 1.57. The minimum atomic E-state index is -0.504. The number of nitrogens with one attached hydrogen (secondary N) is 1. The zero-order valence-electron chi connectivity index (χ0n) is 18.1. The summed E-state index contributed by atoms with van der Waals surface area (Å²) in [6, 6.07) is 11.4. The van der Waals surface area contributed by atoms with Gasteiger partial charge in [-0.25, -0.2) is 9.37 Å².